The van der Waals surface area contributed by atoms with Crippen molar-refractivity contribution in [2.45, 2.75) is 58.8 Å². The van der Waals surface area contributed by atoms with Crippen LogP contribution in [0.25, 0.3) is 10.9 Å². The van der Waals surface area contributed by atoms with Crippen LogP contribution < -0.4 is 5.46 Å². The molecule has 0 N–H and O–H groups in total. The van der Waals surface area contributed by atoms with E-state index in [4.69, 9.17) is 32.5 Å². The molecule has 6 nitrogen and oxygen atoms in total. The average molecular weight is 435 g/mol. The molecule has 1 aromatic carbocycles. The summed E-state index contributed by atoms with van der Waals surface area (Å²) in [6.45, 7) is 12.6. The van der Waals surface area contributed by atoms with Crippen LogP contribution in [0.3, 0.4) is 0 Å². The van der Waals surface area contributed by atoms with E-state index < -0.39 is 0 Å². The smallest absolute Gasteiger partial charge is 0.399 e. The van der Waals surface area contributed by atoms with Gasteiger partial charge in [-0.1, -0.05) is 23.7 Å². The number of fused-ring (bicyclic) bond motifs is 1. The molecule has 0 radical (unpaired) electrons. The van der Waals surface area contributed by atoms with E-state index in [1.165, 1.54) is 6.20 Å². The van der Waals surface area contributed by atoms with Crippen LogP contribution in [0, 0.1) is 0 Å². The molecular weight excluding hydrogens is 410 g/mol. The van der Waals surface area contributed by atoms with Gasteiger partial charge < -0.3 is 9.31 Å². The lowest BCUT2D eigenvalue weighted by Crippen LogP contribution is -2.41. The number of halogens is 2. The second kappa shape index (κ2) is 8.22. The van der Waals surface area contributed by atoms with Gasteiger partial charge in [0.05, 0.1) is 22.9 Å². The van der Waals surface area contributed by atoms with Gasteiger partial charge in [0, 0.05) is 17.6 Å². The van der Waals surface area contributed by atoms with Gasteiger partial charge in [0.2, 0.25) is 5.28 Å². The molecule has 3 aromatic rings. The average Bonchev–Trinajstić information content (AvgIpc) is 3.13. The highest BCUT2D eigenvalue weighted by molar-refractivity contribution is 6.62. The van der Waals surface area contributed by atoms with Crippen LogP contribution in [-0.4, -0.2) is 38.1 Å². The summed E-state index contributed by atoms with van der Waals surface area (Å²) in [5.74, 6) is 0. The van der Waals surface area contributed by atoms with Crippen molar-refractivity contribution in [2.24, 2.45) is 0 Å². The quantitative estimate of drug-likeness (QED) is 0.332. The van der Waals surface area contributed by atoms with Crippen molar-refractivity contribution in [1.29, 1.82) is 0 Å². The first-order chi connectivity index (χ1) is 13.5. The maximum atomic E-state index is 6.12. The Morgan fingerprint density at radius 2 is 1.69 bits per heavy atom. The first kappa shape index (κ1) is 22.0. The lowest BCUT2D eigenvalue weighted by atomic mass is 9.79. The second-order valence-corrected chi connectivity index (χ2v) is 8.96. The van der Waals surface area contributed by atoms with Crippen LogP contribution in [0.2, 0.25) is 10.4 Å². The molecule has 0 spiro atoms. The van der Waals surface area contributed by atoms with Crippen LogP contribution in [0.4, 0.5) is 0 Å². The summed E-state index contributed by atoms with van der Waals surface area (Å²) in [4.78, 5) is 7.20. The number of hydrogen-bond donors (Lipinski definition) is 0. The first-order valence-corrected chi connectivity index (χ1v) is 10.2. The summed E-state index contributed by atoms with van der Waals surface area (Å²) in [5, 5.41) is 6.14. The Balaban J connectivity index is 0.000000252. The third kappa shape index (κ3) is 4.74. The van der Waals surface area contributed by atoms with Crippen molar-refractivity contribution in [3.8, 4) is 0 Å². The fourth-order valence-corrected chi connectivity index (χ4v) is 3.23. The molecule has 1 aliphatic heterocycles. The molecular formula is C20H25BCl2N4O2. The standard InChI is InChI=1S/C16H23BN2O2.C4H2Cl2N2/c1-11(2)19-14-9-13(8-7-12(14)10-18-19)17-20-15(3,4)16(5,6)21-17;5-3-1-2-7-4(6)8-3/h7-11H,1-6H3;1-2H. The number of nitrogens with zero attached hydrogens (tertiary/aromatic N) is 4. The molecule has 0 saturated carbocycles. The number of rotatable bonds is 2. The molecule has 0 aliphatic carbocycles. The van der Waals surface area contributed by atoms with Gasteiger partial charge in [0.1, 0.15) is 5.15 Å². The van der Waals surface area contributed by atoms with Gasteiger partial charge in [0.15, 0.2) is 0 Å². The summed E-state index contributed by atoms with van der Waals surface area (Å²) < 4.78 is 14.3. The van der Waals surface area contributed by atoms with Crippen molar-refractivity contribution >= 4 is 46.7 Å². The minimum absolute atomic E-state index is 0.178. The minimum atomic E-state index is -0.324. The summed E-state index contributed by atoms with van der Waals surface area (Å²) in [6, 6.07) is 8.17. The topological polar surface area (TPSA) is 62.1 Å². The van der Waals surface area contributed by atoms with Crippen LogP contribution in [-0.2, 0) is 9.31 Å². The highest BCUT2D eigenvalue weighted by Gasteiger charge is 2.51. The number of benzene rings is 1. The van der Waals surface area contributed by atoms with Gasteiger partial charge in [-0.05, 0) is 70.7 Å². The molecule has 29 heavy (non-hydrogen) atoms. The third-order valence-electron chi connectivity index (χ3n) is 5.23. The van der Waals surface area contributed by atoms with E-state index in [9.17, 15) is 0 Å². The lowest BCUT2D eigenvalue weighted by Gasteiger charge is -2.32. The fraction of sp³-hybridized carbons (Fsp3) is 0.450. The first-order valence-electron chi connectivity index (χ1n) is 9.47. The van der Waals surface area contributed by atoms with E-state index >= 15 is 0 Å². The van der Waals surface area contributed by atoms with Crippen molar-refractivity contribution in [3.05, 3.63) is 47.1 Å². The van der Waals surface area contributed by atoms with Crippen LogP contribution in [0.15, 0.2) is 36.7 Å². The summed E-state index contributed by atoms with van der Waals surface area (Å²) in [5.41, 5.74) is 1.54. The Labute approximate surface area is 181 Å². The zero-order valence-electron chi connectivity index (χ0n) is 17.5. The Hall–Kier alpha value is -1.67. The van der Waals surface area contributed by atoms with E-state index in [2.05, 4.69) is 74.8 Å². The zero-order chi connectivity index (χ0) is 21.4. The maximum absolute atomic E-state index is 6.12. The fourth-order valence-electron chi connectivity index (χ4n) is 2.91. The lowest BCUT2D eigenvalue weighted by molar-refractivity contribution is 0.00578. The van der Waals surface area contributed by atoms with Gasteiger partial charge in [-0.15, -0.1) is 0 Å². The van der Waals surface area contributed by atoms with Crippen molar-refractivity contribution in [2.75, 3.05) is 0 Å². The normalized spacial score (nSPS) is 17.5. The van der Waals surface area contributed by atoms with Gasteiger partial charge in [0.25, 0.3) is 0 Å². The molecule has 0 atom stereocenters. The van der Waals surface area contributed by atoms with Crippen molar-refractivity contribution < 1.29 is 9.31 Å². The zero-order valence-corrected chi connectivity index (χ0v) is 19.0. The van der Waals surface area contributed by atoms with Crippen molar-refractivity contribution in [1.82, 2.24) is 19.7 Å². The SMILES string of the molecule is CC(C)n1ncc2ccc(B3OC(C)(C)C(C)(C)O3)cc21.Clc1ccnc(Cl)n1. The van der Waals surface area contributed by atoms with Crippen LogP contribution in [0.5, 0.6) is 0 Å². The molecule has 0 unspecified atom stereocenters. The second-order valence-electron chi connectivity index (χ2n) is 8.24. The highest BCUT2D eigenvalue weighted by atomic mass is 35.5. The molecule has 1 saturated heterocycles. The van der Waals surface area contributed by atoms with Gasteiger partial charge >= 0.3 is 7.12 Å². The largest absolute Gasteiger partial charge is 0.494 e. The summed E-state index contributed by atoms with van der Waals surface area (Å²) in [6.07, 6.45) is 3.40. The summed E-state index contributed by atoms with van der Waals surface area (Å²) >= 11 is 10.7. The predicted octanol–water partition coefficient (Wildman–Crippen LogP) is 4.70. The molecule has 1 aliphatic rings. The van der Waals surface area contributed by atoms with Crippen LogP contribution in [0.1, 0.15) is 47.6 Å². The summed E-state index contributed by atoms with van der Waals surface area (Å²) in [7, 11) is -0.324. The molecule has 0 amide bonds. The molecule has 1 fully saturated rings. The van der Waals surface area contributed by atoms with E-state index in [0.29, 0.717) is 11.2 Å². The van der Waals surface area contributed by atoms with E-state index in [1.807, 2.05) is 10.9 Å². The van der Waals surface area contributed by atoms with Gasteiger partial charge in [-0.3, -0.25) is 4.68 Å². The predicted molar refractivity (Wildman–Crippen MR) is 118 cm³/mol. The van der Waals surface area contributed by atoms with Crippen molar-refractivity contribution in [3.63, 3.8) is 0 Å². The molecule has 2 aromatic heterocycles. The molecule has 9 heteroatoms. The van der Waals surface area contributed by atoms with E-state index in [-0.39, 0.29) is 23.6 Å². The van der Waals surface area contributed by atoms with Gasteiger partial charge in [-0.2, -0.15) is 5.10 Å². The molecule has 0 bridgehead atoms. The molecule has 154 valence electrons. The number of aromatic nitrogens is 4. The minimum Gasteiger partial charge on any atom is -0.399 e. The maximum Gasteiger partial charge on any atom is 0.494 e. The number of hydrogen-bond acceptors (Lipinski definition) is 5. The van der Waals surface area contributed by atoms with E-state index in [1.54, 1.807) is 6.07 Å². The molecule has 4 rings (SSSR count). The third-order valence-corrected chi connectivity index (χ3v) is 5.62. The Kier molecular flexibility index (Phi) is 6.25. The van der Waals surface area contributed by atoms with Crippen LogP contribution >= 0.6 is 23.2 Å². The van der Waals surface area contributed by atoms with E-state index in [0.717, 1.165) is 16.4 Å². The Morgan fingerprint density at radius 3 is 2.21 bits per heavy atom. The Bertz CT molecular complexity index is 974. The van der Waals surface area contributed by atoms with Gasteiger partial charge in [-0.25, -0.2) is 9.97 Å². The monoisotopic (exact) mass is 434 g/mol. The molecule has 3 heterocycles. The Morgan fingerprint density at radius 1 is 1.03 bits per heavy atom. The highest BCUT2D eigenvalue weighted by Crippen LogP contribution is 2.36.